The number of pyridine rings is 1. The fourth-order valence-corrected chi connectivity index (χ4v) is 3.88. The van der Waals surface area contributed by atoms with Gasteiger partial charge in [-0.05, 0) is 54.1 Å². The molecule has 2 aromatic carbocycles. The maximum Gasteiger partial charge on any atom is 0.430 e. The number of aliphatic hydroxyl groups is 1. The van der Waals surface area contributed by atoms with Crippen molar-refractivity contribution in [1.82, 2.24) is 9.88 Å². The van der Waals surface area contributed by atoms with Crippen LogP contribution in [0.4, 0.5) is 18.9 Å². The third-order valence-corrected chi connectivity index (χ3v) is 6.00. The number of nitrogens with one attached hydrogen (secondary N) is 1. The molecule has 1 unspecified atom stereocenters. The molecular formula is C24H22BrF3N3O4-. The Morgan fingerprint density at radius 1 is 1.09 bits per heavy atom. The number of carbonyl (C=O) groups excluding carboxylic acids is 2. The van der Waals surface area contributed by atoms with Crippen LogP contribution in [-0.2, 0) is 9.59 Å². The summed E-state index contributed by atoms with van der Waals surface area (Å²) >= 11 is 3.37. The molecule has 2 N–H and O–H groups in total. The Kier molecular flexibility index (Phi) is 8.68. The number of likely N-dealkylation sites (tertiary alicyclic amines) is 1. The van der Waals surface area contributed by atoms with Crippen molar-refractivity contribution in [3.63, 3.8) is 0 Å². The van der Waals surface area contributed by atoms with Crippen molar-refractivity contribution in [3.8, 4) is 0 Å². The van der Waals surface area contributed by atoms with Gasteiger partial charge in [-0.3, -0.25) is 9.78 Å². The number of aromatic nitrogens is 1. The molecule has 11 heteroatoms. The van der Waals surface area contributed by atoms with Gasteiger partial charge in [-0.1, -0.05) is 34.1 Å². The predicted octanol–water partition coefficient (Wildman–Crippen LogP) is 3.43. The van der Waals surface area contributed by atoms with E-state index >= 15 is 0 Å². The molecule has 3 aromatic rings. The zero-order valence-electron chi connectivity index (χ0n) is 18.3. The molecule has 1 atom stereocenters. The van der Waals surface area contributed by atoms with Gasteiger partial charge >= 0.3 is 6.18 Å². The quantitative estimate of drug-likeness (QED) is 0.513. The number of hydrogen-bond donors (Lipinski definition) is 2. The second-order valence-corrected chi connectivity index (χ2v) is 8.84. The van der Waals surface area contributed by atoms with Crippen molar-refractivity contribution in [2.24, 2.45) is 0 Å². The number of piperidine rings is 1. The standard InChI is InChI=1S/C22H22BrN3O2.C2HF3O2/c23-18-4-1-15(2-5-18)21(27)22(28)26-11-8-19(9-12-26)25-20-6-3-17-14-24-10-7-16(17)13-20;3-2(4,5)1(6)7/h1-7,10,13-14,19,21,25,27H,8-9,11-12H2;(H,6,7)/p-1. The number of carboxylic acids is 1. The number of amides is 1. The summed E-state index contributed by atoms with van der Waals surface area (Å²) < 4.78 is 32.5. The van der Waals surface area contributed by atoms with Crippen LogP contribution in [0.2, 0.25) is 0 Å². The van der Waals surface area contributed by atoms with Crippen molar-refractivity contribution in [1.29, 1.82) is 0 Å². The molecule has 0 radical (unpaired) electrons. The van der Waals surface area contributed by atoms with E-state index in [1.165, 1.54) is 0 Å². The summed E-state index contributed by atoms with van der Waals surface area (Å²) in [6.45, 7) is 1.28. The zero-order chi connectivity index (χ0) is 25.6. The molecule has 1 amide bonds. The van der Waals surface area contributed by atoms with E-state index in [-0.39, 0.29) is 5.91 Å². The van der Waals surface area contributed by atoms with Crippen LogP contribution in [0.15, 0.2) is 65.4 Å². The number of nitrogens with zero attached hydrogens (tertiary/aromatic N) is 2. The topological polar surface area (TPSA) is 106 Å². The number of rotatable bonds is 4. The third kappa shape index (κ3) is 7.40. The van der Waals surface area contributed by atoms with E-state index in [1.807, 2.05) is 24.4 Å². The van der Waals surface area contributed by atoms with E-state index in [2.05, 4.69) is 44.4 Å². The van der Waals surface area contributed by atoms with Crippen LogP contribution in [0, 0.1) is 0 Å². The summed E-state index contributed by atoms with van der Waals surface area (Å²) in [6, 6.07) is 15.8. The zero-order valence-corrected chi connectivity index (χ0v) is 19.9. The molecule has 35 heavy (non-hydrogen) atoms. The lowest BCUT2D eigenvalue weighted by atomic mass is 10.0. The van der Waals surface area contributed by atoms with Crippen LogP contribution in [0.1, 0.15) is 24.5 Å². The van der Waals surface area contributed by atoms with Crippen molar-refractivity contribution in [3.05, 3.63) is 71.0 Å². The number of carboxylic acid groups (broad SMARTS) is 1. The molecule has 2 heterocycles. The van der Waals surface area contributed by atoms with Crippen molar-refractivity contribution >= 4 is 44.3 Å². The minimum absolute atomic E-state index is 0.223. The van der Waals surface area contributed by atoms with E-state index in [0.29, 0.717) is 24.7 Å². The minimum atomic E-state index is -5.19. The number of aliphatic carboxylic acids is 1. The Morgan fingerprint density at radius 3 is 2.31 bits per heavy atom. The van der Waals surface area contributed by atoms with Crippen LogP contribution in [0.5, 0.6) is 0 Å². The lowest BCUT2D eigenvalue weighted by Gasteiger charge is -2.34. The SMILES string of the molecule is O=C(C(O)c1ccc(Br)cc1)N1CCC(Nc2ccc3cnccc3c2)CC1.O=C([O-])C(F)(F)F. The van der Waals surface area contributed by atoms with Gasteiger partial charge in [0.2, 0.25) is 0 Å². The second-order valence-electron chi connectivity index (χ2n) is 7.92. The Morgan fingerprint density at radius 2 is 1.71 bits per heavy atom. The fraction of sp³-hybridized carbons (Fsp3) is 0.292. The highest BCUT2D eigenvalue weighted by atomic mass is 79.9. The largest absolute Gasteiger partial charge is 0.542 e. The summed E-state index contributed by atoms with van der Waals surface area (Å²) in [7, 11) is 0. The summed E-state index contributed by atoms with van der Waals surface area (Å²) in [6.07, 6.45) is -0.931. The minimum Gasteiger partial charge on any atom is -0.542 e. The number of anilines is 1. The van der Waals surface area contributed by atoms with Crippen molar-refractivity contribution < 1.29 is 33.0 Å². The van der Waals surface area contributed by atoms with Crippen molar-refractivity contribution in [2.45, 2.75) is 31.2 Å². The summed E-state index contributed by atoms with van der Waals surface area (Å²) in [4.78, 5) is 27.3. The maximum absolute atomic E-state index is 12.6. The van der Waals surface area contributed by atoms with Gasteiger partial charge in [-0.2, -0.15) is 13.2 Å². The molecule has 1 aliphatic heterocycles. The number of fused-ring (bicyclic) bond motifs is 1. The maximum atomic E-state index is 12.6. The van der Waals surface area contributed by atoms with Gasteiger partial charge in [0.15, 0.2) is 6.10 Å². The summed E-state index contributed by atoms with van der Waals surface area (Å²) in [5.41, 5.74) is 1.71. The van der Waals surface area contributed by atoms with Crippen LogP contribution >= 0.6 is 15.9 Å². The van der Waals surface area contributed by atoms with Gasteiger partial charge in [0, 0.05) is 47.1 Å². The van der Waals surface area contributed by atoms with E-state index < -0.39 is 18.2 Å². The van der Waals surface area contributed by atoms with Crippen molar-refractivity contribution in [2.75, 3.05) is 18.4 Å². The fourth-order valence-electron chi connectivity index (χ4n) is 3.61. The highest BCUT2D eigenvalue weighted by Crippen LogP contribution is 2.24. The number of carbonyl (C=O) groups is 2. The molecule has 7 nitrogen and oxygen atoms in total. The second kappa shape index (κ2) is 11.5. The molecule has 1 aliphatic rings. The van der Waals surface area contributed by atoms with Gasteiger partial charge in [-0.15, -0.1) is 0 Å². The molecule has 186 valence electrons. The Labute approximate surface area is 207 Å². The lowest BCUT2D eigenvalue weighted by Crippen LogP contribution is -2.44. The molecule has 0 saturated carbocycles. The average molecular weight is 553 g/mol. The molecule has 1 fully saturated rings. The molecule has 1 saturated heterocycles. The molecule has 0 bridgehead atoms. The first-order valence-electron chi connectivity index (χ1n) is 10.7. The van der Waals surface area contributed by atoms with Crippen LogP contribution in [-0.4, -0.2) is 52.2 Å². The Hall–Kier alpha value is -3.18. The predicted molar refractivity (Wildman–Crippen MR) is 125 cm³/mol. The normalized spacial score (nSPS) is 15.2. The number of benzene rings is 2. The third-order valence-electron chi connectivity index (χ3n) is 5.47. The highest BCUT2D eigenvalue weighted by Gasteiger charge is 2.29. The number of aliphatic hydroxyl groups excluding tert-OH is 1. The van der Waals surface area contributed by atoms with E-state index in [9.17, 15) is 23.1 Å². The van der Waals surface area contributed by atoms with Crippen LogP contribution in [0.3, 0.4) is 0 Å². The Bertz CT molecular complexity index is 1170. The Balaban J connectivity index is 0.000000429. The summed E-state index contributed by atoms with van der Waals surface area (Å²) in [5.74, 6) is -3.23. The summed E-state index contributed by atoms with van der Waals surface area (Å²) in [5, 5.41) is 25.0. The van der Waals surface area contributed by atoms with E-state index in [4.69, 9.17) is 9.90 Å². The van der Waals surface area contributed by atoms with E-state index in [0.717, 1.165) is 33.8 Å². The van der Waals surface area contributed by atoms with Crippen LogP contribution < -0.4 is 10.4 Å². The average Bonchev–Trinajstić information content (AvgIpc) is 2.84. The number of hydrogen-bond acceptors (Lipinski definition) is 6. The monoisotopic (exact) mass is 552 g/mol. The first-order valence-corrected chi connectivity index (χ1v) is 11.4. The lowest BCUT2D eigenvalue weighted by molar-refractivity contribution is -0.344. The van der Waals surface area contributed by atoms with Crippen LogP contribution in [0.25, 0.3) is 10.8 Å². The van der Waals surface area contributed by atoms with Gasteiger partial charge in [0.25, 0.3) is 5.91 Å². The van der Waals surface area contributed by atoms with Gasteiger partial charge in [-0.25, -0.2) is 0 Å². The first kappa shape index (κ1) is 26.4. The number of halogens is 4. The molecule has 1 aromatic heterocycles. The number of alkyl halides is 3. The van der Waals surface area contributed by atoms with E-state index in [1.54, 1.807) is 23.2 Å². The van der Waals surface area contributed by atoms with Gasteiger partial charge < -0.3 is 25.2 Å². The van der Waals surface area contributed by atoms with Gasteiger partial charge in [0.1, 0.15) is 5.97 Å². The molecular weight excluding hydrogens is 531 g/mol. The molecule has 4 rings (SSSR count). The highest BCUT2D eigenvalue weighted by molar-refractivity contribution is 9.10. The smallest absolute Gasteiger partial charge is 0.430 e. The first-order chi connectivity index (χ1) is 16.5. The van der Waals surface area contributed by atoms with Gasteiger partial charge in [0.05, 0.1) is 0 Å². The molecule has 0 aliphatic carbocycles. The molecule has 0 spiro atoms.